The van der Waals surface area contributed by atoms with Crippen LogP contribution in [0.25, 0.3) is 11.0 Å². The molecule has 134 valence electrons. The first-order valence-electron chi connectivity index (χ1n) is 7.13. The maximum absolute atomic E-state index is 12.0. The number of urea groups is 1. The minimum absolute atomic E-state index is 0.167. The predicted molar refractivity (Wildman–Crippen MR) is 88.3 cm³/mol. The minimum Gasteiger partial charge on any atom is -0.329 e. The Bertz CT molecular complexity index is 789. The molecule has 0 atom stereocenters. The third kappa shape index (κ3) is 5.52. The smallest absolute Gasteiger partial charge is 0.329 e. The molecule has 0 saturated carbocycles. The highest BCUT2D eigenvalue weighted by Crippen LogP contribution is 2.24. The zero-order valence-corrected chi connectivity index (χ0v) is 13.8. The van der Waals surface area contributed by atoms with E-state index in [1.165, 1.54) is 0 Å². The van der Waals surface area contributed by atoms with E-state index >= 15 is 0 Å². The van der Waals surface area contributed by atoms with Crippen LogP contribution in [0.5, 0.6) is 0 Å². The fourth-order valence-electron chi connectivity index (χ4n) is 1.99. The molecule has 10 heteroatoms. The van der Waals surface area contributed by atoms with Gasteiger partial charge in [-0.3, -0.25) is 10.1 Å². The van der Waals surface area contributed by atoms with Gasteiger partial charge in [0.2, 0.25) is 5.91 Å². The first-order chi connectivity index (χ1) is 11.8. The average molecular weight is 372 g/mol. The lowest BCUT2D eigenvalue weighted by Crippen LogP contribution is -2.43. The maximum Gasteiger partial charge on any atom is 0.405 e. The summed E-state index contributed by atoms with van der Waals surface area (Å²) in [6.07, 6.45) is -2.85. The quantitative estimate of drug-likeness (QED) is 0.604. The standard InChI is InChI=1S/C15H15F3N4O2S/c1-2-7-22-11-6-4-3-5-10(11)20-14(22)25-8-12(23)21-13(24)19-9-15(16,17)18/h2-6H,1,7-9H2,(H2,19,21,23,24). The molecular weight excluding hydrogens is 357 g/mol. The van der Waals surface area contributed by atoms with Gasteiger partial charge < -0.3 is 9.88 Å². The molecule has 0 fully saturated rings. The molecule has 0 saturated heterocycles. The monoisotopic (exact) mass is 372 g/mol. The van der Waals surface area contributed by atoms with Gasteiger partial charge in [-0.25, -0.2) is 9.78 Å². The number of aromatic nitrogens is 2. The van der Waals surface area contributed by atoms with E-state index in [1.807, 2.05) is 34.1 Å². The van der Waals surface area contributed by atoms with E-state index in [-0.39, 0.29) is 5.75 Å². The Morgan fingerprint density at radius 3 is 2.72 bits per heavy atom. The highest BCUT2D eigenvalue weighted by molar-refractivity contribution is 7.99. The number of hydrogen-bond acceptors (Lipinski definition) is 4. The summed E-state index contributed by atoms with van der Waals surface area (Å²) in [4.78, 5) is 27.3. The molecule has 0 bridgehead atoms. The van der Waals surface area contributed by atoms with Gasteiger partial charge >= 0.3 is 12.2 Å². The number of hydrogen-bond donors (Lipinski definition) is 2. The number of nitrogens with one attached hydrogen (secondary N) is 2. The summed E-state index contributed by atoms with van der Waals surface area (Å²) in [6, 6.07) is 6.20. The van der Waals surface area contributed by atoms with Crippen molar-refractivity contribution < 1.29 is 22.8 Å². The van der Waals surface area contributed by atoms with Gasteiger partial charge in [0.05, 0.1) is 16.8 Å². The van der Waals surface area contributed by atoms with Crippen LogP contribution in [0, 0.1) is 0 Å². The first kappa shape index (κ1) is 18.8. The van der Waals surface area contributed by atoms with E-state index in [0.717, 1.165) is 22.8 Å². The molecule has 2 aromatic rings. The van der Waals surface area contributed by atoms with E-state index in [2.05, 4.69) is 11.6 Å². The number of allylic oxidation sites excluding steroid dienone is 1. The zero-order valence-electron chi connectivity index (χ0n) is 13.0. The molecular formula is C15H15F3N4O2S. The summed E-state index contributed by atoms with van der Waals surface area (Å²) in [5.41, 5.74) is 1.61. The summed E-state index contributed by atoms with van der Waals surface area (Å²) in [7, 11) is 0. The summed E-state index contributed by atoms with van der Waals surface area (Å²) in [5, 5.41) is 3.95. The van der Waals surface area contributed by atoms with Gasteiger partial charge in [0.1, 0.15) is 6.54 Å². The fraction of sp³-hybridized carbons (Fsp3) is 0.267. The van der Waals surface area contributed by atoms with Gasteiger partial charge in [-0.1, -0.05) is 30.0 Å². The number of alkyl halides is 3. The Morgan fingerprint density at radius 2 is 2.04 bits per heavy atom. The normalized spacial score (nSPS) is 11.3. The molecule has 1 aromatic heterocycles. The minimum atomic E-state index is -4.54. The number of imidazole rings is 1. The number of benzene rings is 1. The summed E-state index contributed by atoms with van der Waals surface area (Å²) in [6.45, 7) is 2.65. The highest BCUT2D eigenvalue weighted by atomic mass is 32.2. The van der Waals surface area contributed by atoms with Crippen LogP contribution in [-0.2, 0) is 11.3 Å². The topological polar surface area (TPSA) is 76.0 Å². The second-order valence-corrected chi connectivity index (χ2v) is 5.86. The number of halogens is 3. The SMILES string of the molecule is C=CCn1c(SCC(=O)NC(=O)NCC(F)(F)F)nc2ccccc21. The van der Waals surface area contributed by atoms with E-state index in [1.54, 1.807) is 11.4 Å². The van der Waals surface area contributed by atoms with Gasteiger partial charge in [0.25, 0.3) is 0 Å². The van der Waals surface area contributed by atoms with E-state index in [9.17, 15) is 22.8 Å². The van der Waals surface area contributed by atoms with Crippen molar-refractivity contribution in [1.29, 1.82) is 0 Å². The van der Waals surface area contributed by atoms with Crippen LogP contribution in [0.1, 0.15) is 0 Å². The van der Waals surface area contributed by atoms with Gasteiger partial charge in [0.15, 0.2) is 5.16 Å². The number of imide groups is 1. The number of rotatable bonds is 6. The molecule has 2 N–H and O–H groups in total. The number of amides is 3. The Labute approximate surface area is 145 Å². The first-order valence-corrected chi connectivity index (χ1v) is 8.12. The van der Waals surface area contributed by atoms with Crippen LogP contribution in [0.4, 0.5) is 18.0 Å². The van der Waals surface area contributed by atoms with Crippen molar-refractivity contribution in [3.8, 4) is 0 Å². The third-order valence-electron chi connectivity index (χ3n) is 2.97. The molecule has 0 aliphatic heterocycles. The molecule has 25 heavy (non-hydrogen) atoms. The lowest BCUT2D eigenvalue weighted by molar-refractivity contribution is -0.124. The van der Waals surface area contributed by atoms with Crippen molar-refractivity contribution in [2.24, 2.45) is 0 Å². The number of para-hydroxylation sites is 2. The predicted octanol–water partition coefficient (Wildman–Crippen LogP) is 2.70. The average Bonchev–Trinajstić information content (AvgIpc) is 2.89. The molecule has 0 aliphatic carbocycles. The molecule has 0 aliphatic rings. The molecule has 2 rings (SSSR count). The number of fused-ring (bicyclic) bond motifs is 1. The van der Waals surface area contributed by atoms with Gasteiger partial charge in [0, 0.05) is 6.54 Å². The number of carbonyl (C=O) groups excluding carboxylic acids is 2. The molecule has 3 amide bonds. The molecule has 0 radical (unpaired) electrons. The van der Waals surface area contributed by atoms with Crippen molar-refractivity contribution in [1.82, 2.24) is 20.2 Å². The Morgan fingerprint density at radius 1 is 1.32 bits per heavy atom. The molecule has 0 unspecified atom stereocenters. The van der Waals surface area contributed by atoms with Crippen molar-refractivity contribution in [2.75, 3.05) is 12.3 Å². The summed E-state index contributed by atoms with van der Waals surface area (Å²) >= 11 is 1.08. The van der Waals surface area contributed by atoms with Crippen molar-refractivity contribution in [3.63, 3.8) is 0 Å². The van der Waals surface area contributed by atoms with E-state index in [4.69, 9.17) is 0 Å². The molecule has 0 spiro atoms. The number of carbonyl (C=O) groups is 2. The van der Waals surface area contributed by atoms with Gasteiger partial charge in [-0.2, -0.15) is 13.2 Å². The fourth-order valence-corrected chi connectivity index (χ4v) is 2.81. The lowest BCUT2D eigenvalue weighted by atomic mass is 10.3. The summed E-state index contributed by atoms with van der Waals surface area (Å²) < 4.78 is 37.8. The van der Waals surface area contributed by atoms with Crippen LogP contribution in [0.3, 0.4) is 0 Å². The van der Waals surface area contributed by atoms with Crippen molar-refractivity contribution in [2.45, 2.75) is 17.9 Å². The second-order valence-electron chi connectivity index (χ2n) is 4.92. The van der Waals surface area contributed by atoms with Crippen molar-refractivity contribution >= 4 is 34.7 Å². The number of thioether (sulfide) groups is 1. The molecule has 6 nitrogen and oxygen atoms in total. The Balaban J connectivity index is 1.95. The van der Waals surface area contributed by atoms with Crippen LogP contribution in [0.15, 0.2) is 42.1 Å². The largest absolute Gasteiger partial charge is 0.405 e. The maximum atomic E-state index is 12.0. The second kappa shape index (κ2) is 8.06. The van der Waals surface area contributed by atoms with Crippen LogP contribution < -0.4 is 10.6 Å². The van der Waals surface area contributed by atoms with Gasteiger partial charge in [-0.15, -0.1) is 6.58 Å². The third-order valence-corrected chi connectivity index (χ3v) is 3.94. The highest BCUT2D eigenvalue weighted by Gasteiger charge is 2.28. The van der Waals surface area contributed by atoms with Crippen LogP contribution in [0.2, 0.25) is 0 Å². The summed E-state index contributed by atoms with van der Waals surface area (Å²) in [5.74, 6) is -0.887. The molecule has 1 heterocycles. The number of nitrogens with zero attached hydrogens (tertiary/aromatic N) is 2. The Kier molecular flexibility index (Phi) is 6.07. The Hall–Kier alpha value is -2.49. The van der Waals surface area contributed by atoms with Gasteiger partial charge in [-0.05, 0) is 12.1 Å². The van der Waals surface area contributed by atoms with Crippen molar-refractivity contribution in [3.05, 3.63) is 36.9 Å². The lowest BCUT2D eigenvalue weighted by Gasteiger charge is -2.09. The van der Waals surface area contributed by atoms with E-state index in [0.29, 0.717) is 11.7 Å². The van der Waals surface area contributed by atoms with Crippen LogP contribution in [-0.4, -0.2) is 40.0 Å². The van der Waals surface area contributed by atoms with Crippen LogP contribution >= 0.6 is 11.8 Å². The zero-order chi connectivity index (χ0) is 18.4. The van der Waals surface area contributed by atoms with E-state index < -0.39 is 24.7 Å². The molecule has 1 aromatic carbocycles.